The molecule has 0 saturated carbocycles. The van der Waals surface area contributed by atoms with Crippen LogP contribution in [0.5, 0.6) is 5.75 Å². The molecule has 1 unspecified atom stereocenters. The molecule has 1 saturated heterocycles. The molecule has 0 aliphatic carbocycles. The van der Waals surface area contributed by atoms with Crippen LogP contribution in [0, 0.1) is 0 Å². The fourth-order valence-corrected chi connectivity index (χ4v) is 3.05. The Kier molecular flexibility index (Phi) is 5.97. The second-order valence-electron chi connectivity index (χ2n) is 5.49. The van der Waals surface area contributed by atoms with Gasteiger partial charge in [-0.1, -0.05) is 0 Å². The molecule has 1 amide bonds. The lowest BCUT2D eigenvalue weighted by Crippen LogP contribution is -2.35. The fourth-order valence-electron chi connectivity index (χ4n) is 2.15. The Labute approximate surface area is 136 Å². The first kappa shape index (κ1) is 17.7. The van der Waals surface area contributed by atoms with Crippen molar-refractivity contribution in [2.45, 2.75) is 23.8 Å². The molecule has 1 fully saturated rings. The predicted molar refractivity (Wildman–Crippen MR) is 84.8 cm³/mol. The van der Waals surface area contributed by atoms with E-state index in [1.807, 2.05) is 0 Å². The lowest BCUT2D eigenvalue weighted by molar-refractivity contribution is -0.123. The summed E-state index contributed by atoms with van der Waals surface area (Å²) in [4.78, 5) is 11.9. The Bertz CT molecular complexity index is 622. The van der Waals surface area contributed by atoms with E-state index in [1.54, 1.807) is 0 Å². The fraction of sp³-hybridized carbons (Fsp3) is 0.533. The van der Waals surface area contributed by atoms with Gasteiger partial charge in [0.15, 0.2) is 6.61 Å². The molecular formula is C15H22N2O5S. The van der Waals surface area contributed by atoms with Gasteiger partial charge in [0.1, 0.15) is 5.75 Å². The first-order chi connectivity index (χ1) is 10.9. The average molecular weight is 342 g/mol. The second-order valence-corrected chi connectivity index (χ2v) is 7.64. The third-order valence-electron chi connectivity index (χ3n) is 3.52. The number of benzene rings is 1. The van der Waals surface area contributed by atoms with E-state index in [0.29, 0.717) is 12.3 Å². The van der Waals surface area contributed by atoms with Crippen LogP contribution >= 0.6 is 0 Å². The molecule has 1 aromatic rings. The van der Waals surface area contributed by atoms with E-state index in [0.717, 1.165) is 23.8 Å². The Balaban J connectivity index is 1.80. The number of ether oxygens (including phenoxy) is 2. The molecule has 8 heteroatoms. The van der Waals surface area contributed by atoms with Crippen LogP contribution in [0.15, 0.2) is 29.2 Å². The normalized spacial score (nSPS) is 18.1. The molecule has 1 heterocycles. The molecule has 1 aliphatic rings. The molecular weight excluding hydrogens is 320 g/mol. The van der Waals surface area contributed by atoms with Crippen LogP contribution in [-0.4, -0.2) is 58.6 Å². The van der Waals surface area contributed by atoms with Crippen LogP contribution in [0.25, 0.3) is 0 Å². The predicted octanol–water partition coefficient (Wildman–Crippen LogP) is 0.611. The number of rotatable bonds is 7. The van der Waals surface area contributed by atoms with Crippen LogP contribution in [-0.2, 0) is 19.6 Å². The molecule has 128 valence electrons. The number of hydrogen-bond donors (Lipinski definition) is 1. The zero-order chi connectivity index (χ0) is 16.9. The summed E-state index contributed by atoms with van der Waals surface area (Å²) in [7, 11) is -0.518. The van der Waals surface area contributed by atoms with Gasteiger partial charge < -0.3 is 14.8 Å². The van der Waals surface area contributed by atoms with Crippen molar-refractivity contribution in [1.29, 1.82) is 0 Å². The summed E-state index contributed by atoms with van der Waals surface area (Å²) in [5.74, 6) is 0.209. The highest BCUT2D eigenvalue weighted by Crippen LogP contribution is 2.18. The maximum atomic E-state index is 11.9. The van der Waals surface area contributed by atoms with E-state index in [2.05, 4.69) is 5.32 Å². The van der Waals surface area contributed by atoms with Gasteiger partial charge in [0.2, 0.25) is 10.0 Å². The van der Waals surface area contributed by atoms with Gasteiger partial charge in [0.25, 0.3) is 5.91 Å². The summed E-state index contributed by atoms with van der Waals surface area (Å²) in [6, 6.07) is 5.97. The molecule has 0 aromatic heterocycles. The van der Waals surface area contributed by atoms with E-state index >= 15 is 0 Å². The molecule has 1 aliphatic heterocycles. The average Bonchev–Trinajstić information content (AvgIpc) is 3.04. The number of hydrogen-bond acceptors (Lipinski definition) is 5. The van der Waals surface area contributed by atoms with Gasteiger partial charge in [0.05, 0.1) is 11.0 Å². The van der Waals surface area contributed by atoms with Crippen molar-refractivity contribution in [2.75, 3.05) is 33.9 Å². The van der Waals surface area contributed by atoms with Gasteiger partial charge in [-0.05, 0) is 37.1 Å². The molecule has 0 bridgehead atoms. The summed E-state index contributed by atoms with van der Waals surface area (Å²) >= 11 is 0. The second kappa shape index (κ2) is 7.76. The zero-order valence-corrected chi connectivity index (χ0v) is 14.1. The van der Waals surface area contributed by atoms with Gasteiger partial charge in [-0.2, -0.15) is 0 Å². The quantitative estimate of drug-likeness (QED) is 0.785. The van der Waals surface area contributed by atoms with Crippen molar-refractivity contribution >= 4 is 15.9 Å². The number of sulfonamides is 1. The minimum atomic E-state index is -3.46. The SMILES string of the molecule is CN(C)S(=O)(=O)c1ccc(OCC(=O)NCC2CCCO2)cc1. The van der Waals surface area contributed by atoms with E-state index in [9.17, 15) is 13.2 Å². The molecule has 1 N–H and O–H groups in total. The highest BCUT2D eigenvalue weighted by Gasteiger charge is 2.17. The molecule has 1 aromatic carbocycles. The van der Waals surface area contributed by atoms with E-state index in [-0.39, 0.29) is 23.5 Å². The van der Waals surface area contributed by atoms with E-state index in [4.69, 9.17) is 9.47 Å². The third kappa shape index (κ3) is 4.92. The third-order valence-corrected chi connectivity index (χ3v) is 5.35. The lowest BCUT2D eigenvalue weighted by Gasteiger charge is -2.13. The van der Waals surface area contributed by atoms with E-state index in [1.165, 1.54) is 38.4 Å². The van der Waals surface area contributed by atoms with Crippen LogP contribution in [0.1, 0.15) is 12.8 Å². The molecule has 7 nitrogen and oxygen atoms in total. The highest BCUT2D eigenvalue weighted by molar-refractivity contribution is 7.89. The first-order valence-electron chi connectivity index (χ1n) is 7.43. The molecule has 0 spiro atoms. The Morgan fingerprint density at radius 1 is 1.35 bits per heavy atom. The minimum Gasteiger partial charge on any atom is -0.484 e. The first-order valence-corrected chi connectivity index (χ1v) is 8.87. The highest BCUT2D eigenvalue weighted by atomic mass is 32.2. The van der Waals surface area contributed by atoms with Crippen LogP contribution in [0.4, 0.5) is 0 Å². The summed E-state index contributed by atoms with van der Waals surface area (Å²) in [5, 5.41) is 2.75. The Morgan fingerprint density at radius 3 is 2.61 bits per heavy atom. The molecule has 23 heavy (non-hydrogen) atoms. The van der Waals surface area contributed by atoms with Gasteiger partial charge in [-0.3, -0.25) is 4.79 Å². The Morgan fingerprint density at radius 2 is 2.04 bits per heavy atom. The summed E-state index contributed by atoms with van der Waals surface area (Å²) < 4.78 is 35.8. The maximum absolute atomic E-state index is 11.9. The minimum absolute atomic E-state index is 0.0921. The van der Waals surface area contributed by atoms with Gasteiger partial charge in [-0.25, -0.2) is 12.7 Å². The largest absolute Gasteiger partial charge is 0.484 e. The van der Waals surface area contributed by atoms with Crippen molar-refractivity contribution < 1.29 is 22.7 Å². The van der Waals surface area contributed by atoms with Gasteiger partial charge in [-0.15, -0.1) is 0 Å². The molecule has 1 atom stereocenters. The Hall–Kier alpha value is -1.64. The van der Waals surface area contributed by atoms with Crippen molar-refractivity contribution in [3.8, 4) is 5.75 Å². The van der Waals surface area contributed by atoms with Crippen molar-refractivity contribution in [3.05, 3.63) is 24.3 Å². The number of carbonyl (C=O) groups excluding carboxylic acids is 1. The number of carbonyl (C=O) groups is 1. The van der Waals surface area contributed by atoms with E-state index < -0.39 is 10.0 Å². The molecule has 2 rings (SSSR count). The lowest BCUT2D eigenvalue weighted by atomic mass is 10.2. The number of nitrogens with one attached hydrogen (secondary N) is 1. The summed E-state index contributed by atoms with van der Waals surface area (Å²) in [6.07, 6.45) is 2.08. The van der Waals surface area contributed by atoms with Crippen molar-refractivity contribution in [1.82, 2.24) is 9.62 Å². The standard InChI is InChI=1S/C15H22N2O5S/c1-17(2)23(19,20)14-7-5-12(6-8-14)22-11-15(18)16-10-13-4-3-9-21-13/h5-8,13H,3-4,9-11H2,1-2H3,(H,16,18). The summed E-state index contributed by atoms with van der Waals surface area (Å²) in [6.45, 7) is 1.12. The van der Waals surface area contributed by atoms with Crippen LogP contribution in [0.2, 0.25) is 0 Å². The van der Waals surface area contributed by atoms with Crippen molar-refractivity contribution in [3.63, 3.8) is 0 Å². The van der Waals surface area contributed by atoms with Gasteiger partial charge >= 0.3 is 0 Å². The maximum Gasteiger partial charge on any atom is 0.258 e. The van der Waals surface area contributed by atoms with Crippen molar-refractivity contribution in [2.24, 2.45) is 0 Å². The summed E-state index contributed by atoms with van der Waals surface area (Å²) in [5.41, 5.74) is 0. The van der Waals surface area contributed by atoms with Crippen LogP contribution in [0.3, 0.4) is 0 Å². The monoisotopic (exact) mass is 342 g/mol. The zero-order valence-electron chi connectivity index (χ0n) is 13.3. The van der Waals surface area contributed by atoms with Crippen LogP contribution < -0.4 is 10.1 Å². The molecule has 0 radical (unpaired) electrons. The number of amides is 1. The smallest absolute Gasteiger partial charge is 0.258 e. The topological polar surface area (TPSA) is 84.9 Å². The van der Waals surface area contributed by atoms with Gasteiger partial charge in [0, 0.05) is 27.2 Å². The number of nitrogens with zero attached hydrogens (tertiary/aromatic N) is 1.